The summed E-state index contributed by atoms with van der Waals surface area (Å²) in [4.78, 5) is 17.5. The zero-order chi connectivity index (χ0) is 16.2. The third-order valence-electron chi connectivity index (χ3n) is 3.24. The van der Waals surface area contributed by atoms with E-state index in [2.05, 4.69) is 10.3 Å². The molecule has 1 aromatic heterocycles. The van der Waals surface area contributed by atoms with Crippen molar-refractivity contribution >= 4 is 39.3 Å². The first kappa shape index (κ1) is 15.1. The molecule has 3 aromatic rings. The summed E-state index contributed by atoms with van der Waals surface area (Å²) < 4.78 is 0. The lowest BCUT2D eigenvalue weighted by atomic mass is 10.2. The van der Waals surface area contributed by atoms with Gasteiger partial charge in [0.15, 0.2) is 5.96 Å². The minimum atomic E-state index is -0.136. The molecular weight excluding hydrogens is 308 g/mol. The van der Waals surface area contributed by atoms with Crippen molar-refractivity contribution in [1.82, 2.24) is 4.98 Å². The Labute approximate surface area is 137 Å². The second-order valence-electron chi connectivity index (χ2n) is 4.86. The van der Waals surface area contributed by atoms with E-state index in [1.807, 2.05) is 24.3 Å². The summed E-state index contributed by atoms with van der Waals surface area (Å²) in [6.45, 7) is 0. The Morgan fingerprint density at radius 2 is 1.91 bits per heavy atom. The number of pyridine rings is 1. The molecule has 0 unspecified atom stereocenters. The number of nitrogens with one attached hydrogen (secondary N) is 2. The van der Waals surface area contributed by atoms with Gasteiger partial charge in [-0.2, -0.15) is 0 Å². The van der Waals surface area contributed by atoms with Gasteiger partial charge in [-0.25, -0.2) is 0 Å². The van der Waals surface area contributed by atoms with E-state index in [9.17, 15) is 4.79 Å². The lowest BCUT2D eigenvalue weighted by Crippen LogP contribution is -2.20. The SMILES string of the molecule is N=C(N)Nc1ccc(C(=O)Sc2cccc3cnccc23)cc1. The van der Waals surface area contributed by atoms with Crippen molar-refractivity contribution in [3.05, 3.63) is 66.5 Å². The van der Waals surface area contributed by atoms with Gasteiger partial charge >= 0.3 is 0 Å². The van der Waals surface area contributed by atoms with E-state index in [4.69, 9.17) is 11.1 Å². The number of anilines is 1. The van der Waals surface area contributed by atoms with Gasteiger partial charge in [-0.1, -0.05) is 12.1 Å². The number of rotatable bonds is 3. The molecule has 0 fully saturated rings. The fraction of sp³-hybridized carbons (Fsp3) is 0. The molecule has 0 saturated carbocycles. The first-order valence-corrected chi connectivity index (χ1v) is 7.71. The molecule has 0 saturated heterocycles. The molecule has 0 amide bonds. The molecule has 0 radical (unpaired) electrons. The highest BCUT2D eigenvalue weighted by atomic mass is 32.2. The van der Waals surface area contributed by atoms with Gasteiger partial charge in [0, 0.05) is 33.9 Å². The maximum absolute atomic E-state index is 12.5. The Morgan fingerprint density at radius 3 is 2.65 bits per heavy atom. The number of fused-ring (bicyclic) bond motifs is 1. The molecule has 0 aliphatic carbocycles. The minimum Gasteiger partial charge on any atom is -0.370 e. The van der Waals surface area contributed by atoms with Crippen molar-refractivity contribution in [2.45, 2.75) is 4.90 Å². The highest BCUT2D eigenvalue weighted by Crippen LogP contribution is 2.30. The van der Waals surface area contributed by atoms with Crippen molar-refractivity contribution in [2.75, 3.05) is 5.32 Å². The molecule has 23 heavy (non-hydrogen) atoms. The van der Waals surface area contributed by atoms with Crippen molar-refractivity contribution in [2.24, 2.45) is 5.73 Å². The van der Waals surface area contributed by atoms with E-state index < -0.39 is 0 Å². The summed E-state index contributed by atoms with van der Waals surface area (Å²) in [5, 5.41) is 11.8. The van der Waals surface area contributed by atoms with Gasteiger partial charge < -0.3 is 11.1 Å². The molecule has 1 heterocycles. The van der Waals surface area contributed by atoms with E-state index in [1.54, 1.807) is 36.7 Å². The van der Waals surface area contributed by atoms with E-state index >= 15 is 0 Å². The number of benzene rings is 2. The first-order chi connectivity index (χ1) is 11.1. The largest absolute Gasteiger partial charge is 0.370 e. The number of thioether (sulfide) groups is 1. The fourth-order valence-electron chi connectivity index (χ4n) is 2.19. The summed E-state index contributed by atoms with van der Waals surface area (Å²) in [5.41, 5.74) is 6.54. The van der Waals surface area contributed by atoms with Crippen LogP contribution in [0.5, 0.6) is 0 Å². The molecule has 2 aromatic carbocycles. The molecule has 0 aliphatic heterocycles. The van der Waals surface area contributed by atoms with E-state index in [1.165, 1.54) is 11.8 Å². The fourth-order valence-corrected chi connectivity index (χ4v) is 3.08. The van der Waals surface area contributed by atoms with E-state index in [0.717, 1.165) is 15.7 Å². The van der Waals surface area contributed by atoms with Crippen LogP contribution in [-0.4, -0.2) is 16.1 Å². The monoisotopic (exact) mass is 322 g/mol. The molecule has 0 aliphatic rings. The predicted molar refractivity (Wildman–Crippen MR) is 93.9 cm³/mol. The van der Waals surface area contributed by atoms with Crippen LogP contribution >= 0.6 is 11.8 Å². The number of carbonyl (C=O) groups is 1. The van der Waals surface area contributed by atoms with Gasteiger partial charge in [0.1, 0.15) is 0 Å². The second-order valence-corrected chi connectivity index (χ2v) is 5.87. The number of nitrogens with zero attached hydrogens (tertiary/aromatic N) is 1. The van der Waals surface area contributed by atoms with Gasteiger partial charge in [0.25, 0.3) is 0 Å². The van der Waals surface area contributed by atoms with E-state index in [-0.39, 0.29) is 11.1 Å². The Kier molecular flexibility index (Phi) is 4.25. The van der Waals surface area contributed by atoms with Crippen LogP contribution in [0.4, 0.5) is 5.69 Å². The molecule has 0 bridgehead atoms. The Balaban J connectivity index is 1.82. The molecule has 114 valence electrons. The maximum atomic E-state index is 12.5. The highest BCUT2D eigenvalue weighted by molar-refractivity contribution is 8.14. The summed E-state index contributed by atoms with van der Waals surface area (Å²) in [6, 6.07) is 14.6. The summed E-state index contributed by atoms with van der Waals surface area (Å²) in [6.07, 6.45) is 3.51. The van der Waals surface area contributed by atoms with Crippen LogP contribution in [-0.2, 0) is 0 Å². The first-order valence-electron chi connectivity index (χ1n) is 6.89. The molecular formula is C17H14N4OS. The van der Waals surface area contributed by atoms with Crippen molar-refractivity contribution < 1.29 is 4.79 Å². The molecule has 0 atom stereocenters. The number of hydrogen-bond donors (Lipinski definition) is 3. The second kappa shape index (κ2) is 6.50. The van der Waals surface area contributed by atoms with Gasteiger partial charge in [0.05, 0.1) is 0 Å². The van der Waals surface area contributed by atoms with Gasteiger partial charge in [0.2, 0.25) is 5.12 Å². The Morgan fingerprint density at radius 1 is 1.13 bits per heavy atom. The average Bonchev–Trinajstić information content (AvgIpc) is 2.55. The van der Waals surface area contributed by atoms with Crippen LogP contribution in [0, 0.1) is 5.41 Å². The number of carbonyl (C=O) groups excluding carboxylic acids is 1. The smallest absolute Gasteiger partial charge is 0.224 e. The number of guanidine groups is 1. The zero-order valence-corrected chi connectivity index (χ0v) is 12.9. The standard InChI is InChI=1S/C17H14N4OS/c18-17(19)21-13-6-4-11(5-7-13)16(22)23-15-3-1-2-12-10-20-9-8-14(12)15/h1-10H,(H4,18,19,21). The average molecular weight is 322 g/mol. The number of hydrogen-bond acceptors (Lipinski definition) is 4. The summed E-state index contributed by atoms with van der Waals surface area (Å²) in [7, 11) is 0. The van der Waals surface area contributed by atoms with Gasteiger partial charge in [-0.15, -0.1) is 0 Å². The van der Waals surface area contributed by atoms with E-state index in [0.29, 0.717) is 11.3 Å². The van der Waals surface area contributed by atoms with Gasteiger partial charge in [-0.3, -0.25) is 15.2 Å². The summed E-state index contributed by atoms with van der Waals surface area (Å²) in [5.74, 6) is -0.136. The van der Waals surface area contributed by atoms with Crippen molar-refractivity contribution in [3.8, 4) is 0 Å². The molecule has 6 heteroatoms. The molecule has 0 spiro atoms. The lowest BCUT2D eigenvalue weighted by molar-refractivity contribution is 0.108. The van der Waals surface area contributed by atoms with Crippen molar-refractivity contribution in [3.63, 3.8) is 0 Å². The van der Waals surface area contributed by atoms with Crippen LogP contribution in [0.1, 0.15) is 10.4 Å². The number of aromatic nitrogens is 1. The van der Waals surface area contributed by atoms with Crippen LogP contribution in [0.15, 0.2) is 65.8 Å². The van der Waals surface area contributed by atoms with Gasteiger partial charge in [-0.05, 0) is 53.5 Å². The van der Waals surface area contributed by atoms with Crippen LogP contribution < -0.4 is 11.1 Å². The lowest BCUT2D eigenvalue weighted by Gasteiger charge is -2.07. The normalized spacial score (nSPS) is 10.4. The topological polar surface area (TPSA) is 91.9 Å². The van der Waals surface area contributed by atoms with Crippen LogP contribution in [0.2, 0.25) is 0 Å². The highest BCUT2D eigenvalue weighted by Gasteiger charge is 2.10. The maximum Gasteiger partial charge on any atom is 0.224 e. The summed E-state index contributed by atoms with van der Waals surface area (Å²) >= 11 is 1.19. The molecule has 5 nitrogen and oxygen atoms in total. The quantitative estimate of drug-likeness (QED) is 0.390. The molecule has 4 N–H and O–H groups in total. The van der Waals surface area contributed by atoms with Crippen LogP contribution in [0.25, 0.3) is 10.8 Å². The minimum absolute atomic E-state index is 0.0383. The number of nitrogens with two attached hydrogens (primary N) is 1. The van der Waals surface area contributed by atoms with Crippen molar-refractivity contribution in [1.29, 1.82) is 5.41 Å². The Hall–Kier alpha value is -2.86. The third kappa shape index (κ3) is 3.49. The molecule has 3 rings (SSSR count). The van der Waals surface area contributed by atoms with Crippen LogP contribution in [0.3, 0.4) is 0 Å². The third-order valence-corrected chi connectivity index (χ3v) is 4.24. The zero-order valence-electron chi connectivity index (χ0n) is 12.1. The Bertz CT molecular complexity index is 872. The predicted octanol–water partition coefficient (Wildman–Crippen LogP) is 3.47.